The molecule has 3 aliphatic heterocycles. The van der Waals surface area contributed by atoms with E-state index >= 15 is 0 Å². The van der Waals surface area contributed by atoms with E-state index in [1.807, 2.05) is 0 Å². The van der Waals surface area contributed by atoms with Crippen LogP contribution >= 0.6 is 0 Å². The molecule has 210 valence electrons. The summed E-state index contributed by atoms with van der Waals surface area (Å²) >= 11 is 0. The van der Waals surface area contributed by atoms with E-state index in [4.69, 9.17) is 19.4 Å². The fraction of sp³-hybridized carbons (Fsp3) is 0.516. The second kappa shape index (κ2) is 11.6. The third kappa shape index (κ3) is 5.31. The minimum Gasteiger partial charge on any atom is -0.462 e. The average molecular weight is 542 g/mol. The first kappa shape index (κ1) is 26.8. The highest BCUT2D eigenvalue weighted by atomic mass is 16.5. The normalized spacial score (nSPS) is 23.3. The molecule has 0 saturated carbocycles. The zero-order valence-electron chi connectivity index (χ0n) is 23.8. The van der Waals surface area contributed by atoms with E-state index in [9.17, 15) is 5.26 Å². The lowest BCUT2D eigenvalue weighted by atomic mass is 9.99. The van der Waals surface area contributed by atoms with Crippen LogP contribution in [-0.2, 0) is 17.7 Å². The van der Waals surface area contributed by atoms with Gasteiger partial charge in [-0.15, -0.1) is 0 Å². The van der Waals surface area contributed by atoms with Gasteiger partial charge < -0.3 is 24.6 Å². The Hall–Kier alpha value is -3.45. The summed E-state index contributed by atoms with van der Waals surface area (Å²) in [6.07, 6.45) is 2.51. The van der Waals surface area contributed by atoms with Crippen LogP contribution in [0.3, 0.4) is 0 Å². The number of fused-ring (bicyclic) bond motifs is 2. The lowest BCUT2D eigenvalue weighted by Gasteiger charge is -2.37. The van der Waals surface area contributed by atoms with Crippen molar-refractivity contribution in [1.82, 2.24) is 20.2 Å². The summed E-state index contributed by atoms with van der Waals surface area (Å²) in [7, 11) is 3.89. The first-order valence-electron chi connectivity index (χ1n) is 14.4. The number of nitrogens with one attached hydrogen (secondary N) is 1. The number of rotatable bonds is 7. The molecule has 1 aromatic heterocycles. The van der Waals surface area contributed by atoms with E-state index < -0.39 is 0 Å². The molecule has 0 aliphatic carbocycles. The standard InChI is InChI=1S/C31H39N7O2/c1-21-6-4-7-22-8-5-9-28(29(21)22)37-14-11-26-27(19-37)34-31(40-20-24-16-25(39-3)18-36(24)2)35-30(26)38-15-13-33-23(17-38)10-12-32/h4-9,23-25,33H,10-11,13-20H2,1-3H3/t23-,24-,25?/m0/s1. The average Bonchev–Trinajstić information content (AvgIpc) is 3.35. The van der Waals surface area contributed by atoms with Crippen molar-refractivity contribution in [3.63, 3.8) is 0 Å². The zero-order chi connectivity index (χ0) is 27.6. The third-order valence-corrected chi connectivity index (χ3v) is 8.74. The molecule has 0 amide bonds. The summed E-state index contributed by atoms with van der Waals surface area (Å²) in [6.45, 7) is 7.65. The van der Waals surface area contributed by atoms with Gasteiger partial charge in [0.15, 0.2) is 0 Å². The highest BCUT2D eigenvalue weighted by Gasteiger charge is 2.32. The third-order valence-electron chi connectivity index (χ3n) is 8.74. The number of hydrogen-bond donors (Lipinski definition) is 1. The fourth-order valence-electron chi connectivity index (χ4n) is 6.52. The molecule has 3 aliphatic rings. The van der Waals surface area contributed by atoms with Gasteiger partial charge in [-0.05, 0) is 43.8 Å². The minimum absolute atomic E-state index is 0.130. The number of anilines is 2. The lowest BCUT2D eigenvalue weighted by molar-refractivity contribution is 0.111. The van der Waals surface area contributed by atoms with Gasteiger partial charge in [-0.25, -0.2) is 0 Å². The molecular weight excluding hydrogens is 502 g/mol. The number of likely N-dealkylation sites (N-methyl/N-ethyl adjacent to an activating group) is 1. The van der Waals surface area contributed by atoms with E-state index in [0.29, 0.717) is 25.6 Å². The topological polar surface area (TPSA) is 89.8 Å². The minimum atomic E-state index is 0.130. The molecule has 40 heavy (non-hydrogen) atoms. The van der Waals surface area contributed by atoms with E-state index in [-0.39, 0.29) is 18.2 Å². The molecule has 9 heteroatoms. The van der Waals surface area contributed by atoms with E-state index in [0.717, 1.165) is 57.1 Å². The summed E-state index contributed by atoms with van der Waals surface area (Å²) < 4.78 is 11.9. The number of methoxy groups -OCH3 is 1. The summed E-state index contributed by atoms with van der Waals surface area (Å²) in [4.78, 5) is 17.1. The Morgan fingerprint density at radius 1 is 1.10 bits per heavy atom. The van der Waals surface area contributed by atoms with E-state index in [1.54, 1.807) is 7.11 Å². The molecule has 0 radical (unpaired) electrons. The van der Waals surface area contributed by atoms with Gasteiger partial charge >= 0.3 is 6.01 Å². The Morgan fingerprint density at radius 2 is 1.95 bits per heavy atom. The molecule has 0 bridgehead atoms. The number of aromatic nitrogens is 2. The van der Waals surface area contributed by atoms with Gasteiger partial charge in [0.05, 0.1) is 30.8 Å². The maximum Gasteiger partial charge on any atom is 0.318 e. The van der Waals surface area contributed by atoms with Gasteiger partial charge in [0.2, 0.25) is 0 Å². The van der Waals surface area contributed by atoms with Crippen LogP contribution in [0.2, 0.25) is 0 Å². The SMILES string of the molecule is COC1C[C@@H](COc2nc3c(c(N4CCN[C@@H](CC#N)C4)n2)CCN(c2cccc4cccc(C)c24)C3)N(C)C1. The van der Waals surface area contributed by atoms with Crippen molar-refractivity contribution >= 4 is 22.3 Å². The molecule has 1 unspecified atom stereocenters. The molecule has 3 atom stereocenters. The molecule has 2 aromatic carbocycles. The van der Waals surface area contributed by atoms with Crippen molar-refractivity contribution in [2.45, 2.75) is 50.9 Å². The Balaban J connectivity index is 1.32. The second-order valence-electron chi connectivity index (χ2n) is 11.3. The van der Waals surface area contributed by atoms with Crippen molar-refractivity contribution in [3.8, 4) is 12.1 Å². The number of aryl methyl sites for hydroxylation is 1. The van der Waals surface area contributed by atoms with Gasteiger partial charge in [0.25, 0.3) is 0 Å². The molecule has 2 fully saturated rings. The first-order valence-corrected chi connectivity index (χ1v) is 14.4. The number of likely N-dealkylation sites (tertiary alicyclic amines) is 1. The molecular formula is C31H39N7O2. The lowest BCUT2D eigenvalue weighted by Crippen LogP contribution is -2.51. The first-order chi connectivity index (χ1) is 19.5. The van der Waals surface area contributed by atoms with Gasteiger partial charge in [-0.1, -0.05) is 30.3 Å². The van der Waals surface area contributed by atoms with Crippen molar-refractivity contribution in [3.05, 3.63) is 53.2 Å². The van der Waals surface area contributed by atoms with Crippen LogP contribution in [0.1, 0.15) is 29.7 Å². The molecule has 9 nitrogen and oxygen atoms in total. The van der Waals surface area contributed by atoms with Crippen LogP contribution < -0.4 is 19.9 Å². The van der Waals surface area contributed by atoms with Gasteiger partial charge in [0, 0.05) is 68.6 Å². The molecule has 1 N–H and O–H groups in total. The molecule has 6 rings (SSSR count). The van der Waals surface area contributed by atoms with E-state index in [2.05, 4.69) is 76.5 Å². The van der Waals surface area contributed by atoms with Crippen molar-refractivity contribution in [2.24, 2.45) is 0 Å². The zero-order valence-corrected chi connectivity index (χ0v) is 23.8. The Labute approximate surface area is 236 Å². The van der Waals surface area contributed by atoms with Crippen molar-refractivity contribution in [1.29, 1.82) is 5.26 Å². The van der Waals surface area contributed by atoms with Crippen LogP contribution in [0, 0.1) is 18.3 Å². The predicted octanol–water partition coefficient (Wildman–Crippen LogP) is 3.29. The number of piperazine rings is 1. The highest BCUT2D eigenvalue weighted by molar-refractivity contribution is 5.97. The summed E-state index contributed by atoms with van der Waals surface area (Å²) in [5.41, 5.74) is 4.77. The predicted molar refractivity (Wildman–Crippen MR) is 157 cm³/mol. The molecule has 3 aromatic rings. The van der Waals surface area contributed by atoms with Crippen molar-refractivity contribution in [2.75, 3.05) is 63.3 Å². The quantitative estimate of drug-likeness (QED) is 0.484. The van der Waals surface area contributed by atoms with Gasteiger partial charge in [-0.2, -0.15) is 15.2 Å². The molecule has 0 spiro atoms. The van der Waals surface area contributed by atoms with Crippen LogP contribution in [0.5, 0.6) is 6.01 Å². The van der Waals surface area contributed by atoms with Crippen LogP contribution in [0.15, 0.2) is 36.4 Å². The molecule has 4 heterocycles. The maximum atomic E-state index is 9.30. The summed E-state index contributed by atoms with van der Waals surface area (Å²) in [5.74, 6) is 0.965. The Kier molecular flexibility index (Phi) is 7.74. The Morgan fingerprint density at radius 3 is 2.75 bits per heavy atom. The largest absolute Gasteiger partial charge is 0.462 e. The summed E-state index contributed by atoms with van der Waals surface area (Å²) in [6, 6.07) is 16.2. The summed E-state index contributed by atoms with van der Waals surface area (Å²) in [5, 5.41) is 15.3. The van der Waals surface area contributed by atoms with E-state index in [1.165, 1.54) is 27.6 Å². The molecule has 2 saturated heterocycles. The fourth-order valence-corrected chi connectivity index (χ4v) is 6.52. The Bertz CT molecular complexity index is 1400. The van der Waals surface area contributed by atoms with Crippen LogP contribution in [-0.4, -0.2) is 86.5 Å². The number of nitrogens with zero attached hydrogens (tertiary/aromatic N) is 6. The highest BCUT2D eigenvalue weighted by Crippen LogP contribution is 2.35. The van der Waals surface area contributed by atoms with Crippen LogP contribution in [0.4, 0.5) is 11.5 Å². The van der Waals surface area contributed by atoms with Crippen molar-refractivity contribution < 1.29 is 9.47 Å². The maximum absolute atomic E-state index is 9.30. The number of benzene rings is 2. The monoisotopic (exact) mass is 541 g/mol. The number of hydrogen-bond acceptors (Lipinski definition) is 9. The smallest absolute Gasteiger partial charge is 0.318 e. The van der Waals surface area contributed by atoms with Gasteiger partial charge in [0.1, 0.15) is 12.4 Å². The van der Waals surface area contributed by atoms with Gasteiger partial charge in [-0.3, -0.25) is 4.90 Å². The second-order valence-corrected chi connectivity index (χ2v) is 11.3. The van der Waals surface area contributed by atoms with Crippen LogP contribution in [0.25, 0.3) is 10.8 Å². The number of ether oxygens (including phenoxy) is 2. The number of nitriles is 1.